The Labute approximate surface area is 275 Å². The molecule has 43 heavy (non-hydrogen) atoms. The van der Waals surface area contributed by atoms with Gasteiger partial charge in [0.15, 0.2) is 0 Å². The predicted octanol–water partition coefficient (Wildman–Crippen LogP) is 5.54. The topological polar surface area (TPSA) is 0 Å². The minimum Gasteiger partial charge on any atom is -1.00 e. The fraction of sp³-hybridized carbons (Fsp3) is 0.300. The summed E-state index contributed by atoms with van der Waals surface area (Å²) in [5.74, 6) is 0. The molecular formula is C40H42Cl2Zr. The molecule has 7 rings (SSSR count). The molecule has 0 atom stereocenters. The molecule has 0 radical (unpaired) electrons. The average Bonchev–Trinajstić information content (AvgIpc) is 3.41. The normalized spacial score (nSPS) is 15.8. The minimum absolute atomic E-state index is 0. The van der Waals surface area contributed by atoms with Crippen LogP contribution in [-0.4, -0.2) is 0 Å². The largest absolute Gasteiger partial charge is 1.00 e. The maximum Gasteiger partial charge on any atom is -1.00 e. The van der Waals surface area contributed by atoms with Gasteiger partial charge in [-0.15, -0.1) is 0 Å². The Hall–Kier alpha value is -2.18. The van der Waals surface area contributed by atoms with E-state index in [1.54, 1.807) is 11.1 Å². The van der Waals surface area contributed by atoms with E-state index in [-0.39, 0.29) is 35.6 Å². The van der Waals surface area contributed by atoms with Crippen LogP contribution in [0.4, 0.5) is 0 Å². The van der Waals surface area contributed by atoms with E-state index in [1.807, 2.05) is 3.28 Å². The van der Waals surface area contributed by atoms with Crippen molar-refractivity contribution in [3.63, 3.8) is 0 Å². The van der Waals surface area contributed by atoms with Crippen molar-refractivity contribution in [2.24, 2.45) is 0 Å². The molecule has 4 aromatic carbocycles. The predicted molar refractivity (Wildman–Crippen MR) is 173 cm³/mol. The van der Waals surface area contributed by atoms with Gasteiger partial charge in [0.1, 0.15) is 0 Å². The van der Waals surface area contributed by atoms with Gasteiger partial charge in [-0.3, -0.25) is 0 Å². The molecule has 0 nitrogen and oxygen atoms in total. The molecule has 0 bridgehead atoms. The van der Waals surface area contributed by atoms with Crippen LogP contribution >= 0.6 is 0 Å². The number of fused-ring (bicyclic) bond motifs is 3. The summed E-state index contributed by atoms with van der Waals surface area (Å²) < 4.78 is 5.39. The zero-order valence-electron chi connectivity index (χ0n) is 26.3. The molecule has 220 valence electrons. The fourth-order valence-electron chi connectivity index (χ4n) is 7.64. The Bertz CT molecular complexity index is 1610. The van der Waals surface area contributed by atoms with Crippen molar-refractivity contribution < 1.29 is 45.1 Å². The Balaban J connectivity index is 0.00000184. The van der Waals surface area contributed by atoms with E-state index in [2.05, 4.69) is 145 Å². The van der Waals surface area contributed by atoms with Crippen LogP contribution in [0.25, 0.3) is 33.4 Å². The van der Waals surface area contributed by atoms with E-state index >= 15 is 0 Å². The van der Waals surface area contributed by atoms with Gasteiger partial charge in [-0.25, -0.2) is 0 Å². The zero-order chi connectivity index (χ0) is 28.6. The first-order valence-corrected chi connectivity index (χ1v) is 21.5. The Morgan fingerprint density at radius 3 is 1.37 bits per heavy atom. The summed E-state index contributed by atoms with van der Waals surface area (Å²) in [6, 6.07) is 32.8. The summed E-state index contributed by atoms with van der Waals surface area (Å²) in [6.45, 7) is 14.3. The van der Waals surface area contributed by atoms with Crippen molar-refractivity contribution in [3.8, 4) is 33.4 Å². The molecule has 3 heteroatoms. The molecule has 0 aromatic heterocycles. The molecule has 1 heterocycles. The van der Waals surface area contributed by atoms with Crippen molar-refractivity contribution in [1.29, 1.82) is 0 Å². The second kappa shape index (κ2) is 11.6. The van der Waals surface area contributed by atoms with Crippen LogP contribution < -0.4 is 24.8 Å². The quantitative estimate of drug-likeness (QED) is 0.265. The number of benzene rings is 4. The minimum atomic E-state index is -2.63. The van der Waals surface area contributed by atoms with Crippen LogP contribution in [-0.2, 0) is 31.1 Å². The molecule has 0 N–H and O–H groups in total. The molecule has 1 saturated heterocycles. The van der Waals surface area contributed by atoms with Crippen LogP contribution in [0.1, 0.15) is 73.8 Å². The molecule has 0 saturated carbocycles. The summed E-state index contributed by atoms with van der Waals surface area (Å²) in [6.07, 6.45) is 8.44. The monoisotopic (exact) mass is 682 g/mol. The van der Waals surface area contributed by atoms with Crippen LogP contribution in [0.3, 0.4) is 0 Å². The Morgan fingerprint density at radius 1 is 0.581 bits per heavy atom. The van der Waals surface area contributed by atoms with Gasteiger partial charge in [-0.2, -0.15) is 0 Å². The maximum absolute atomic E-state index is 2.65. The van der Waals surface area contributed by atoms with Crippen molar-refractivity contribution >= 4 is 0 Å². The van der Waals surface area contributed by atoms with Gasteiger partial charge in [0.2, 0.25) is 0 Å². The number of hydrogen-bond donors (Lipinski definition) is 0. The van der Waals surface area contributed by atoms with E-state index in [0.29, 0.717) is 3.63 Å². The van der Waals surface area contributed by atoms with E-state index in [9.17, 15) is 0 Å². The van der Waals surface area contributed by atoms with E-state index in [1.165, 1.54) is 59.2 Å². The van der Waals surface area contributed by atoms with Crippen LogP contribution in [0, 0.1) is 0 Å². The summed E-state index contributed by atoms with van der Waals surface area (Å²) >= 11 is -2.63. The third kappa shape index (κ3) is 5.49. The molecular weight excluding hydrogens is 643 g/mol. The molecule has 3 aliphatic rings. The van der Waals surface area contributed by atoms with Crippen molar-refractivity contribution in [3.05, 3.63) is 129 Å². The number of allylic oxidation sites excluding steroid dienone is 4. The van der Waals surface area contributed by atoms with Gasteiger partial charge in [0.25, 0.3) is 0 Å². The smallest absolute Gasteiger partial charge is 1.00 e. The molecule has 0 spiro atoms. The van der Waals surface area contributed by atoms with Crippen molar-refractivity contribution in [1.82, 2.24) is 0 Å². The van der Waals surface area contributed by atoms with E-state index in [4.69, 9.17) is 0 Å². The Kier molecular flexibility index (Phi) is 8.72. The third-order valence-electron chi connectivity index (χ3n) is 9.83. The summed E-state index contributed by atoms with van der Waals surface area (Å²) in [5.41, 5.74) is 14.8. The van der Waals surface area contributed by atoms with Gasteiger partial charge in [0, 0.05) is 0 Å². The molecule has 0 amide bonds. The van der Waals surface area contributed by atoms with Crippen LogP contribution in [0.2, 0.25) is 8.26 Å². The van der Waals surface area contributed by atoms with Crippen molar-refractivity contribution in [2.45, 2.75) is 70.7 Å². The Morgan fingerprint density at radius 2 is 1.02 bits per heavy atom. The average molecular weight is 685 g/mol. The second-order valence-corrected chi connectivity index (χ2v) is 25.8. The van der Waals surface area contributed by atoms with E-state index < -0.39 is 20.3 Å². The molecule has 1 aliphatic heterocycles. The van der Waals surface area contributed by atoms with Gasteiger partial charge in [-0.05, 0) is 0 Å². The first kappa shape index (κ1) is 32.2. The molecule has 1 fully saturated rings. The summed E-state index contributed by atoms with van der Waals surface area (Å²) in [7, 11) is 0. The first-order chi connectivity index (χ1) is 19.6. The number of halogens is 2. The molecule has 2 aliphatic carbocycles. The van der Waals surface area contributed by atoms with Gasteiger partial charge >= 0.3 is 253 Å². The molecule has 4 aromatic rings. The fourth-order valence-corrected chi connectivity index (χ4v) is 22.6. The maximum atomic E-state index is 2.65. The molecule has 0 unspecified atom stereocenters. The van der Waals surface area contributed by atoms with E-state index in [0.717, 1.165) is 0 Å². The van der Waals surface area contributed by atoms with Crippen LogP contribution in [0.5, 0.6) is 0 Å². The second-order valence-electron chi connectivity index (χ2n) is 14.6. The van der Waals surface area contributed by atoms with Crippen LogP contribution in [0.15, 0.2) is 106 Å². The SMILES string of the molecule is CC(C)(C)c1cc2c(cc1-c1ccccc1)[CH]([Zr+2]1([C]3=CC=CC3)[CH2][CH2]1)c1cc(-c3ccccc3)c(C(C)(C)C)cc1-2.[Cl-].[Cl-]. The first-order valence-electron chi connectivity index (χ1n) is 15.4. The number of rotatable bonds is 4. The zero-order valence-corrected chi connectivity index (χ0v) is 30.2. The van der Waals surface area contributed by atoms with Gasteiger partial charge < -0.3 is 24.8 Å². The summed E-state index contributed by atoms with van der Waals surface area (Å²) in [5, 5.41) is 0. The van der Waals surface area contributed by atoms with Crippen molar-refractivity contribution in [2.75, 3.05) is 0 Å². The standard InChI is InChI=1S/C33H33.C5H5.C2H4.2ClH.Zr/c1-32(2,3)30-20-26-24(18-28(30)22-13-9-7-10-14-22)17-25-19-29(23-15-11-8-12-16-23)31(21-27(25)26)33(4,5)6;1-2-4-5-3-1;1-2;;;/h7-21H,1-6H3;1-3H,4H2;1-2H2;2*1H;/q;;;;;+2/p-2. The third-order valence-corrected chi connectivity index (χ3v) is 22.0. The van der Waals surface area contributed by atoms with Gasteiger partial charge in [0.05, 0.1) is 0 Å². The number of hydrogen-bond acceptors (Lipinski definition) is 0. The van der Waals surface area contributed by atoms with Gasteiger partial charge in [-0.1, -0.05) is 0 Å². The summed E-state index contributed by atoms with van der Waals surface area (Å²) in [4.78, 5) is 0.